The maximum absolute atomic E-state index is 12.3. The molecule has 0 bridgehead atoms. The summed E-state index contributed by atoms with van der Waals surface area (Å²) < 4.78 is 28.6. The van der Waals surface area contributed by atoms with Gasteiger partial charge in [-0.2, -0.15) is 5.10 Å². The highest BCUT2D eigenvalue weighted by molar-refractivity contribution is 7.90. The van der Waals surface area contributed by atoms with Crippen LogP contribution in [0.3, 0.4) is 0 Å². The van der Waals surface area contributed by atoms with E-state index in [-0.39, 0.29) is 22.5 Å². The highest BCUT2D eigenvalue weighted by atomic mass is 32.2. The van der Waals surface area contributed by atoms with Gasteiger partial charge in [-0.15, -0.1) is 0 Å². The predicted octanol–water partition coefficient (Wildman–Crippen LogP) is 0.821. The highest BCUT2D eigenvalue weighted by Crippen LogP contribution is 2.30. The van der Waals surface area contributed by atoms with Gasteiger partial charge in [0.05, 0.1) is 18.1 Å². The molecule has 3 heterocycles. The van der Waals surface area contributed by atoms with E-state index in [1.165, 1.54) is 18.8 Å². The number of rotatable bonds is 3. The van der Waals surface area contributed by atoms with Gasteiger partial charge in [0, 0.05) is 25.3 Å². The van der Waals surface area contributed by atoms with Crippen LogP contribution in [0.2, 0.25) is 0 Å². The van der Waals surface area contributed by atoms with Crippen molar-refractivity contribution in [1.29, 1.82) is 0 Å². The lowest BCUT2D eigenvalue weighted by Gasteiger charge is -2.31. The van der Waals surface area contributed by atoms with Gasteiger partial charge in [-0.25, -0.2) is 13.4 Å². The number of amides is 1. The highest BCUT2D eigenvalue weighted by Gasteiger charge is 2.30. The molecule has 1 fully saturated rings. The number of piperidine rings is 1. The molecule has 0 spiro atoms. The molecule has 1 amide bonds. The van der Waals surface area contributed by atoms with Crippen LogP contribution in [-0.2, 0) is 9.84 Å². The number of hydrogen-bond acceptors (Lipinski definition) is 6. The molecule has 0 aromatic carbocycles. The number of nitrogens with zero attached hydrogens (tertiary/aromatic N) is 3. The molecule has 1 aliphatic heterocycles. The van der Waals surface area contributed by atoms with Gasteiger partial charge in [0.2, 0.25) is 5.76 Å². The van der Waals surface area contributed by atoms with Crippen LogP contribution in [0, 0.1) is 0 Å². The monoisotopic (exact) mass is 324 g/mol. The van der Waals surface area contributed by atoms with Gasteiger partial charge in [-0.05, 0) is 12.8 Å². The van der Waals surface area contributed by atoms with Crippen molar-refractivity contribution >= 4 is 15.7 Å². The molecule has 1 saturated heterocycles. The molecule has 1 N–H and O–H groups in total. The van der Waals surface area contributed by atoms with Gasteiger partial charge in [0.25, 0.3) is 5.91 Å². The largest absolute Gasteiger partial charge is 0.438 e. The topological polar surface area (TPSA) is 109 Å². The Balaban J connectivity index is 1.82. The number of sulfone groups is 1. The van der Waals surface area contributed by atoms with E-state index in [9.17, 15) is 13.2 Å². The zero-order valence-electron chi connectivity index (χ0n) is 12.0. The fourth-order valence-electron chi connectivity index (χ4n) is 2.75. The summed E-state index contributed by atoms with van der Waals surface area (Å²) in [6, 6.07) is 0. The Bertz CT molecular complexity index is 766. The predicted molar refractivity (Wildman–Crippen MR) is 76.1 cm³/mol. The maximum atomic E-state index is 12.3. The van der Waals surface area contributed by atoms with Crippen LogP contribution in [0.4, 0.5) is 0 Å². The van der Waals surface area contributed by atoms with Gasteiger partial charge in [0.1, 0.15) is 4.90 Å². The molecule has 0 aliphatic carbocycles. The SMILES string of the molecule is CS(=O)(=O)c1cn[nH]c1C1CCCN(C(=O)c2cnco2)C1. The number of carbonyl (C=O) groups excluding carboxylic acids is 1. The Morgan fingerprint density at radius 3 is 2.95 bits per heavy atom. The van der Waals surface area contributed by atoms with Crippen molar-refractivity contribution in [1.82, 2.24) is 20.1 Å². The van der Waals surface area contributed by atoms with Crippen LogP contribution >= 0.6 is 0 Å². The zero-order valence-corrected chi connectivity index (χ0v) is 12.8. The number of carbonyl (C=O) groups is 1. The van der Waals surface area contributed by atoms with Crippen molar-refractivity contribution in [2.75, 3.05) is 19.3 Å². The minimum absolute atomic E-state index is 0.0900. The zero-order chi connectivity index (χ0) is 15.7. The number of nitrogens with one attached hydrogen (secondary N) is 1. The Hall–Kier alpha value is -2.16. The van der Waals surface area contributed by atoms with Crippen molar-refractivity contribution in [2.24, 2.45) is 0 Å². The molecule has 8 nitrogen and oxygen atoms in total. The van der Waals surface area contributed by atoms with Crippen LogP contribution < -0.4 is 0 Å². The van der Waals surface area contributed by atoms with E-state index < -0.39 is 9.84 Å². The lowest BCUT2D eigenvalue weighted by molar-refractivity contribution is 0.0673. The molecule has 1 aliphatic rings. The Labute approximate surface area is 127 Å². The van der Waals surface area contributed by atoms with E-state index in [4.69, 9.17) is 4.42 Å². The minimum atomic E-state index is -3.35. The van der Waals surface area contributed by atoms with E-state index in [0.717, 1.165) is 19.1 Å². The van der Waals surface area contributed by atoms with Crippen molar-refractivity contribution in [3.63, 3.8) is 0 Å². The summed E-state index contributed by atoms with van der Waals surface area (Å²) in [5.41, 5.74) is 0.567. The molecule has 9 heteroatoms. The fourth-order valence-corrected chi connectivity index (χ4v) is 3.60. The average molecular weight is 324 g/mol. The van der Waals surface area contributed by atoms with Gasteiger partial charge < -0.3 is 9.32 Å². The van der Waals surface area contributed by atoms with Crippen LogP contribution in [0.1, 0.15) is 35.0 Å². The van der Waals surface area contributed by atoms with Gasteiger partial charge in [0.15, 0.2) is 16.2 Å². The number of aromatic amines is 1. The summed E-state index contributed by atoms with van der Waals surface area (Å²) in [5, 5.41) is 6.62. The second-order valence-electron chi connectivity index (χ2n) is 5.38. The number of likely N-dealkylation sites (tertiary alicyclic amines) is 1. The van der Waals surface area contributed by atoms with Gasteiger partial charge in [-0.1, -0.05) is 0 Å². The summed E-state index contributed by atoms with van der Waals surface area (Å²) in [7, 11) is -3.35. The first-order valence-electron chi connectivity index (χ1n) is 6.88. The Morgan fingerprint density at radius 1 is 1.45 bits per heavy atom. The summed E-state index contributed by atoms with van der Waals surface area (Å²) in [6.45, 7) is 1.03. The lowest BCUT2D eigenvalue weighted by atomic mass is 9.94. The molecular formula is C13H16N4O4S. The number of oxazole rings is 1. The molecule has 1 atom stereocenters. The van der Waals surface area contributed by atoms with E-state index in [0.29, 0.717) is 18.8 Å². The summed E-state index contributed by atoms with van der Waals surface area (Å²) in [5.74, 6) is -0.135. The van der Waals surface area contributed by atoms with E-state index >= 15 is 0 Å². The smallest absolute Gasteiger partial charge is 0.291 e. The fraction of sp³-hybridized carbons (Fsp3) is 0.462. The second-order valence-corrected chi connectivity index (χ2v) is 7.36. The van der Waals surface area contributed by atoms with Crippen molar-refractivity contribution in [3.8, 4) is 0 Å². The molecule has 0 saturated carbocycles. The van der Waals surface area contributed by atoms with E-state index in [1.807, 2.05) is 0 Å². The Kier molecular flexibility index (Phi) is 3.73. The molecule has 3 rings (SSSR count). The quantitative estimate of drug-likeness (QED) is 0.895. The number of H-pyrrole nitrogens is 1. The minimum Gasteiger partial charge on any atom is -0.438 e. The van der Waals surface area contributed by atoms with Crippen LogP contribution in [-0.4, -0.2) is 53.8 Å². The summed E-state index contributed by atoms with van der Waals surface area (Å²) >= 11 is 0. The van der Waals surface area contributed by atoms with Crippen LogP contribution in [0.5, 0.6) is 0 Å². The summed E-state index contributed by atoms with van der Waals surface area (Å²) in [6.07, 6.45) is 6.65. The molecule has 22 heavy (non-hydrogen) atoms. The van der Waals surface area contributed by atoms with Crippen molar-refractivity contribution in [3.05, 3.63) is 30.2 Å². The maximum Gasteiger partial charge on any atom is 0.291 e. The first-order chi connectivity index (χ1) is 10.5. The third-order valence-corrected chi connectivity index (χ3v) is 4.92. The van der Waals surface area contributed by atoms with Crippen molar-refractivity contribution in [2.45, 2.75) is 23.7 Å². The van der Waals surface area contributed by atoms with E-state index in [2.05, 4.69) is 15.2 Å². The third kappa shape index (κ3) is 2.76. The molecule has 0 radical (unpaired) electrons. The third-order valence-electron chi connectivity index (χ3n) is 3.79. The molecular weight excluding hydrogens is 308 g/mol. The first kappa shape index (κ1) is 14.8. The number of aromatic nitrogens is 3. The average Bonchev–Trinajstić information content (AvgIpc) is 3.17. The standard InChI is InChI=1S/C13H16N4O4S/c1-22(19,20)11-6-15-16-12(11)9-3-2-4-17(7-9)13(18)10-5-14-8-21-10/h5-6,8-9H,2-4,7H2,1H3,(H,15,16). The first-order valence-corrected chi connectivity index (χ1v) is 8.77. The van der Waals surface area contributed by atoms with Crippen molar-refractivity contribution < 1.29 is 17.6 Å². The molecule has 1 unspecified atom stereocenters. The number of hydrogen-bond donors (Lipinski definition) is 1. The molecule has 118 valence electrons. The molecule has 2 aromatic rings. The lowest BCUT2D eigenvalue weighted by Crippen LogP contribution is -2.39. The summed E-state index contributed by atoms with van der Waals surface area (Å²) in [4.78, 5) is 17.9. The van der Waals surface area contributed by atoms with Crippen LogP contribution in [0.25, 0.3) is 0 Å². The van der Waals surface area contributed by atoms with E-state index in [1.54, 1.807) is 4.90 Å². The second kappa shape index (κ2) is 5.56. The Morgan fingerprint density at radius 2 is 2.27 bits per heavy atom. The van der Waals surface area contributed by atoms with Crippen LogP contribution in [0.15, 0.2) is 28.1 Å². The van der Waals surface area contributed by atoms with Gasteiger partial charge >= 0.3 is 0 Å². The van der Waals surface area contributed by atoms with Gasteiger partial charge in [-0.3, -0.25) is 9.89 Å². The normalized spacial score (nSPS) is 19.3. The molecule has 2 aromatic heterocycles.